The molecule has 0 saturated heterocycles. The lowest BCUT2D eigenvalue weighted by Crippen LogP contribution is -2.49. The van der Waals surface area contributed by atoms with Crippen LogP contribution in [0.2, 0.25) is 13.1 Å². The molecule has 9 aromatic rings. The minimum absolute atomic E-state index is 0.0673. The van der Waals surface area contributed by atoms with Gasteiger partial charge in [-0.25, -0.2) is 4.85 Å². The van der Waals surface area contributed by atoms with Gasteiger partial charge in [-0.05, 0) is 116 Å². The van der Waals surface area contributed by atoms with E-state index in [1.54, 1.807) is 0 Å². The first kappa shape index (κ1) is 30.9. The quantitative estimate of drug-likeness (QED) is 0.130. The van der Waals surface area contributed by atoms with Gasteiger partial charge in [0.15, 0.2) is 5.69 Å². The van der Waals surface area contributed by atoms with Crippen LogP contribution in [0.4, 0.5) is 5.69 Å². The number of rotatable bonds is 2. The third kappa shape index (κ3) is 3.84. The van der Waals surface area contributed by atoms with Crippen LogP contribution in [0.3, 0.4) is 0 Å². The van der Waals surface area contributed by atoms with Crippen molar-refractivity contribution in [2.75, 3.05) is 0 Å². The zero-order valence-electron chi connectivity index (χ0n) is 30.5. The third-order valence-electron chi connectivity index (χ3n) is 12.5. The molecule has 2 aliphatic rings. The average molecular weight is 707 g/mol. The molecule has 254 valence electrons. The lowest BCUT2D eigenvalue weighted by molar-refractivity contribution is 0.661. The molecule has 1 aliphatic heterocycles. The van der Waals surface area contributed by atoms with Crippen molar-refractivity contribution >= 4 is 67.7 Å². The molecule has 4 nitrogen and oxygen atoms in total. The summed E-state index contributed by atoms with van der Waals surface area (Å²) in [6.45, 7) is 17.3. The highest BCUT2D eigenvalue weighted by Gasteiger charge is 2.39. The van der Waals surface area contributed by atoms with Crippen molar-refractivity contribution in [3.8, 4) is 39.7 Å². The second-order valence-corrected chi connectivity index (χ2v) is 20.3. The summed E-state index contributed by atoms with van der Waals surface area (Å²) < 4.78 is 4.77. The summed E-state index contributed by atoms with van der Waals surface area (Å²) in [6, 6.07) is 50.8. The van der Waals surface area contributed by atoms with Crippen molar-refractivity contribution in [3.05, 3.63) is 162 Å². The monoisotopic (exact) mass is 706 g/mol. The van der Waals surface area contributed by atoms with Gasteiger partial charge in [0.2, 0.25) is 0 Å². The zero-order chi connectivity index (χ0) is 36.7. The van der Waals surface area contributed by atoms with Crippen molar-refractivity contribution in [1.29, 1.82) is 5.26 Å². The largest absolute Gasteiger partial charge is 0.309 e. The van der Waals surface area contributed by atoms with Crippen LogP contribution in [-0.4, -0.2) is 17.2 Å². The molecule has 0 atom stereocenters. The van der Waals surface area contributed by atoms with E-state index in [9.17, 15) is 5.26 Å². The maximum atomic E-state index is 9.75. The normalized spacial score (nSPS) is 14.6. The van der Waals surface area contributed by atoms with E-state index in [-0.39, 0.29) is 5.41 Å². The molecule has 1 aliphatic carbocycles. The topological polar surface area (TPSA) is 38.0 Å². The maximum absolute atomic E-state index is 9.75. The smallest absolute Gasteiger partial charge is 0.188 e. The van der Waals surface area contributed by atoms with Gasteiger partial charge in [-0.3, -0.25) is 0 Å². The van der Waals surface area contributed by atoms with E-state index in [1.165, 1.54) is 71.2 Å². The molecular formula is C49H34N4Si. The molecule has 54 heavy (non-hydrogen) atoms. The minimum atomic E-state index is -1.99. The summed E-state index contributed by atoms with van der Waals surface area (Å²) in [5.74, 6) is 0. The summed E-state index contributed by atoms with van der Waals surface area (Å²) in [6.07, 6.45) is 0. The predicted octanol–water partition coefficient (Wildman–Crippen LogP) is 11.4. The lowest BCUT2D eigenvalue weighted by atomic mass is 9.82. The molecule has 5 heteroatoms. The molecule has 3 heterocycles. The summed E-state index contributed by atoms with van der Waals surface area (Å²) in [5.41, 5.74) is 16.0. The van der Waals surface area contributed by atoms with Crippen molar-refractivity contribution in [3.63, 3.8) is 0 Å². The summed E-state index contributed by atoms with van der Waals surface area (Å²) in [7, 11) is -1.99. The fraction of sp³-hybridized carbons (Fsp3) is 0.102. The number of nitriles is 1. The number of hydrogen-bond acceptors (Lipinski definition) is 1. The molecule has 0 bridgehead atoms. The Morgan fingerprint density at radius 3 is 1.93 bits per heavy atom. The van der Waals surface area contributed by atoms with Gasteiger partial charge in [0.05, 0.1) is 40.3 Å². The zero-order valence-corrected chi connectivity index (χ0v) is 31.5. The van der Waals surface area contributed by atoms with Gasteiger partial charge in [0.1, 0.15) is 8.07 Å². The SMILES string of the molecule is [C-]#[N+]c1ccc2c(c1)c1cc(C#N)ccc1n2-c1ccc2c(c1)-c1cc(-n3c4ccccc4c4c5c(ccc43)C(C)(C)c3ccccc3-5)ccc1[Si]2(C)C. The average Bonchev–Trinajstić information content (AvgIpc) is 3.85. The molecule has 0 saturated carbocycles. The first-order valence-electron chi connectivity index (χ1n) is 18.5. The highest BCUT2D eigenvalue weighted by molar-refractivity contribution is 7.03. The van der Waals surface area contributed by atoms with Gasteiger partial charge in [-0.1, -0.05) is 93.7 Å². The molecule has 0 amide bonds. The van der Waals surface area contributed by atoms with E-state index in [0.717, 1.165) is 27.5 Å². The molecule has 0 unspecified atom stereocenters. The van der Waals surface area contributed by atoms with E-state index in [0.29, 0.717) is 11.3 Å². The van der Waals surface area contributed by atoms with E-state index in [1.807, 2.05) is 36.4 Å². The summed E-state index contributed by atoms with van der Waals surface area (Å²) in [4.78, 5) is 3.72. The van der Waals surface area contributed by atoms with Crippen LogP contribution in [0.25, 0.3) is 82.1 Å². The Bertz CT molecular complexity index is 3180. The van der Waals surface area contributed by atoms with Crippen molar-refractivity contribution in [2.24, 2.45) is 0 Å². The van der Waals surface area contributed by atoms with E-state index in [2.05, 4.69) is 144 Å². The molecule has 7 aromatic carbocycles. The van der Waals surface area contributed by atoms with Gasteiger partial charge in [-0.2, -0.15) is 5.26 Å². The van der Waals surface area contributed by atoms with Crippen LogP contribution in [0.1, 0.15) is 30.5 Å². The van der Waals surface area contributed by atoms with Crippen LogP contribution < -0.4 is 10.4 Å². The number of hydrogen-bond donors (Lipinski definition) is 0. The molecule has 11 rings (SSSR count). The van der Waals surface area contributed by atoms with Crippen LogP contribution in [0, 0.1) is 17.9 Å². The van der Waals surface area contributed by atoms with Crippen LogP contribution in [-0.2, 0) is 5.41 Å². The number of aromatic nitrogens is 2. The van der Waals surface area contributed by atoms with Crippen LogP contribution in [0.15, 0.2) is 133 Å². The fourth-order valence-corrected chi connectivity index (χ4v) is 13.0. The van der Waals surface area contributed by atoms with Gasteiger partial charge in [0.25, 0.3) is 0 Å². The van der Waals surface area contributed by atoms with Gasteiger partial charge >= 0.3 is 0 Å². The predicted molar refractivity (Wildman–Crippen MR) is 226 cm³/mol. The molecule has 0 radical (unpaired) electrons. The van der Waals surface area contributed by atoms with Crippen molar-refractivity contribution in [1.82, 2.24) is 9.13 Å². The Labute approximate surface area is 314 Å². The standard InChI is InChI=1S/C49H34N4Si/c1-49(2)39-12-8-6-10-33(39)47-40(49)18-21-44-48(47)34-11-7-9-13-41(34)53(44)32-17-23-46-38(27-32)37-26-31(16-22-45(37)54(46,4)5)52-42-19-14-29(28-50)24-35(42)36-25-30(51-3)15-20-43(36)52/h6-27H,1-2,4-5H3. The Balaban J connectivity index is 1.15. The van der Waals surface area contributed by atoms with Gasteiger partial charge in [0, 0.05) is 32.9 Å². The van der Waals surface area contributed by atoms with Crippen molar-refractivity contribution < 1.29 is 0 Å². The molecule has 0 N–H and O–H groups in total. The maximum Gasteiger partial charge on any atom is 0.188 e. The Morgan fingerprint density at radius 1 is 0.593 bits per heavy atom. The van der Waals surface area contributed by atoms with E-state index >= 15 is 0 Å². The van der Waals surface area contributed by atoms with Crippen molar-refractivity contribution in [2.45, 2.75) is 32.4 Å². The third-order valence-corrected chi connectivity index (χ3v) is 16.1. The molecule has 2 aromatic heterocycles. The highest BCUT2D eigenvalue weighted by atomic mass is 28.3. The Hall–Kier alpha value is -6.66. The summed E-state index contributed by atoms with van der Waals surface area (Å²) in [5, 5.41) is 17.2. The molecule has 0 spiro atoms. The summed E-state index contributed by atoms with van der Waals surface area (Å²) >= 11 is 0. The second-order valence-electron chi connectivity index (χ2n) is 16.0. The minimum Gasteiger partial charge on any atom is -0.309 e. The first-order valence-corrected chi connectivity index (χ1v) is 21.5. The lowest BCUT2D eigenvalue weighted by Gasteiger charge is -2.21. The first-order chi connectivity index (χ1) is 26.2. The fourth-order valence-electron chi connectivity index (χ4n) is 9.98. The molecular weight excluding hydrogens is 673 g/mol. The number of benzene rings is 7. The van der Waals surface area contributed by atoms with E-state index in [4.69, 9.17) is 6.57 Å². The number of para-hydroxylation sites is 1. The van der Waals surface area contributed by atoms with Crippen LogP contribution >= 0.6 is 0 Å². The highest BCUT2D eigenvalue weighted by Crippen LogP contribution is 2.53. The van der Waals surface area contributed by atoms with Gasteiger partial charge in [-0.15, -0.1) is 0 Å². The Morgan fingerprint density at radius 2 is 1.20 bits per heavy atom. The van der Waals surface area contributed by atoms with Crippen LogP contribution in [0.5, 0.6) is 0 Å². The number of fused-ring (bicyclic) bond motifs is 13. The molecule has 0 fully saturated rings. The Kier molecular flexibility index (Phi) is 6.00. The van der Waals surface area contributed by atoms with E-state index < -0.39 is 8.07 Å². The second kappa shape index (κ2) is 10.5. The number of nitrogens with zero attached hydrogens (tertiary/aromatic N) is 4. The van der Waals surface area contributed by atoms with Gasteiger partial charge < -0.3 is 9.13 Å².